The molecule has 0 saturated heterocycles. The van der Waals surface area contributed by atoms with Gasteiger partial charge in [-0.1, -0.05) is 32.0 Å². The summed E-state index contributed by atoms with van der Waals surface area (Å²) in [5.74, 6) is -0.565. The summed E-state index contributed by atoms with van der Waals surface area (Å²) in [5, 5.41) is 0. The van der Waals surface area contributed by atoms with Crippen molar-refractivity contribution in [3.05, 3.63) is 29.8 Å². The highest BCUT2D eigenvalue weighted by Crippen LogP contribution is 2.30. The fourth-order valence-electron chi connectivity index (χ4n) is 1.96. The minimum Gasteiger partial charge on any atom is -0.298 e. The minimum absolute atomic E-state index is 0.240. The van der Waals surface area contributed by atoms with Gasteiger partial charge in [0.05, 0.1) is 4.90 Å². The molecule has 0 amide bonds. The second kappa shape index (κ2) is 4.84. The zero-order chi connectivity index (χ0) is 14.1. The Bertz CT molecular complexity index is 554. The largest absolute Gasteiger partial charge is 0.298 e. The molecule has 0 aliphatic carbocycles. The summed E-state index contributed by atoms with van der Waals surface area (Å²) in [5.41, 5.74) is 0.669. The van der Waals surface area contributed by atoms with Crippen LogP contribution in [0.1, 0.15) is 33.3 Å². The lowest BCUT2D eigenvalue weighted by Crippen LogP contribution is -2.43. The molecule has 100 valence electrons. The zero-order valence-electron chi connectivity index (χ0n) is 11.5. The summed E-state index contributed by atoms with van der Waals surface area (Å²) in [6.07, 6.45) is 0. The quantitative estimate of drug-likeness (QED) is 0.843. The zero-order valence-corrected chi connectivity index (χ0v) is 12.3. The van der Waals surface area contributed by atoms with Crippen LogP contribution in [-0.4, -0.2) is 18.9 Å². The van der Waals surface area contributed by atoms with Crippen molar-refractivity contribution in [3.63, 3.8) is 0 Å². The van der Waals surface area contributed by atoms with E-state index in [0.29, 0.717) is 5.56 Å². The van der Waals surface area contributed by atoms with Gasteiger partial charge in [-0.15, -0.1) is 0 Å². The van der Waals surface area contributed by atoms with Crippen LogP contribution in [-0.2, 0) is 14.6 Å². The van der Waals surface area contributed by atoms with E-state index in [1.807, 2.05) is 0 Å². The van der Waals surface area contributed by atoms with E-state index < -0.39 is 14.6 Å². The molecule has 0 aliphatic heterocycles. The predicted molar refractivity (Wildman–Crippen MR) is 72.3 cm³/mol. The summed E-state index contributed by atoms with van der Waals surface area (Å²) in [6.45, 7) is 8.14. The number of carbonyl (C=O) groups excluding carboxylic acids is 1. The number of carbonyl (C=O) groups is 1. The van der Waals surface area contributed by atoms with Gasteiger partial charge in [-0.25, -0.2) is 8.42 Å². The van der Waals surface area contributed by atoms with E-state index in [1.54, 1.807) is 45.0 Å². The SMILES string of the molecule is Cc1ccccc1S(=O)(=O)C(C)(C)C(=O)C(C)C. The average Bonchev–Trinajstić information content (AvgIpc) is 2.27. The van der Waals surface area contributed by atoms with E-state index in [2.05, 4.69) is 0 Å². The average molecular weight is 268 g/mol. The maximum absolute atomic E-state index is 12.6. The lowest BCUT2D eigenvalue weighted by atomic mass is 9.98. The van der Waals surface area contributed by atoms with Crippen LogP contribution in [0.4, 0.5) is 0 Å². The van der Waals surface area contributed by atoms with Crippen molar-refractivity contribution in [2.24, 2.45) is 5.92 Å². The number of hydrogen-bond donors (Lipinski definition) is 0. The monoisotopic (exact) mass is 268 g/mol. The van der Waals surface area contributed by atoms with Gasteiger partial charge in [-0.2, -0.15) is 0 Å². The number of benzene rings is 1. The topological polar surface area (TPSA) is 51.2 Å². The van der Waals surface area contributed by atoms with Crippen molar-refractivity contribution in [2.45, 2.75) is 44.3 Å². The summed E-state index contributed by atoms with van der Waals surface area (Å²) < 4.78 is 23.8. The third-order valence-electron chi connectivity index (χ3n) is 3.17. The second-order valence-corrected chi connectivity index (χ2v) is 7.77. The molecular weight excluding hydrogens is 248 g/mol. The summed E-state index contributed by atoms with van der Waals surface area (Å²) in [7, 11) is -3.66. The first kappa shape index (κ1) is 14.9. The molecule has 0 aromatic heterocycles. The molecule has 0 spiro atoms. The van der Waals surface area contributed by atoms with Gasteiger partial charge >= 0.3 is 0 Å². The van der Waals surface area contributed by atoms with Crippen LogP contribution in [0, 0.1) is 12.8 Å². The Morgan fingerprint density at radius 1 is 1.17 bits per heavy atom. The lowest BCUT2D eigenvalue weighted by Gasteiger charge is -2.26. The Labute approximate surface area is 109 Å². The number of Topliss-reactive ketones (excluding diaryl/α,β-unsaturated/α-hetero) is 1. The van der Waals surface area contributed by atoms with Crippen LogP contribution < -0.4 is 0 Å². The van der Waals surface area contributed by atoms with Crippen LogP contribution in [0.5, 0.6) is 0 Å². The molecule has 0 radical (unpaired) electrons. The molecule has 18 heavy (non-hydrogen) atoms. The van der Waals surface area contributed by atoms with E-state index in [0.717, 1.165) is 0 Å². The second-order valence-electron chi connectivity index (χ2n) is 5.30. The Morgan fingerprint density at radius 2 is 1.67 bits per heavy atom. The van der Waals surface area contributed by atoms with Gasteiger partial charge in [0.25, 0.3) is 0 Å². The maximum atomic E-state index is 12.6. The Morgan fingerprint density at radius 3 is 2.11 bits per heavy atom. The van der Waals surface area contributed by atoms with Crippen LogP contribution in [0.2, 0.25) is 0 Å². The first-order valence-corrected chi connectivity index (χ1v) is 7.45. The standard InChI is InChI=1S/C14H20O3S/c1-10(2)13(15)14(4,5)18(16,17)12-9-7-6-8-11(12)3/h6-10H,1-5H3. The van der Waals surface area contributed by atoms with Crippen molar-refractivity contribution >= 4 is 15.6 Å². The molecule has 0 unspecified atom stereocenters. The molecular formula is C14H20O3S. The fraction of sp³-hybridized carbons (Fsp3) is 0.500. The number of aryl methyl sites for hydroxylation is 1. The summed E-state index contributed by atoms with van der Waals surface area (Å²) in [4.78, 5) is 12.4. The van der Waals surface area contributed by atoms with E-state index in [1.165, 1.54) is 13.8 Å². The first-order valence-electron chi connectivity index (χ1n) is 5.97. The van der Waals surface area contributed by atoms with Gasteiger partial charge in [0, 0.05) is 5.92 Å². The molecule has 0 bridgehead atoms. The fourth-order valence-corrected chi connectivity index (χ4v) is 3.76. The third kappa shape index (κ3) is 2.34. The van der Waals surface area contributed by atoms with E-state index in [-0.39, 0.29) is 16.6 Å². The minimum atomic E-state index is -3.66. The van der Waals surface area contributed by atoms with Crippen molar-refractivity contribution in [3.8, 4) is 0 Å². The molecule has 0 heterocycles. The van der Waals surface area contributed by atoms with Gasteiger partial charge in [0.1, 0.15) is 4.75 Å². The Kier molecular flexibility index (Phi) is 4.01. The van der Waals surface area contributed by atoms with Crippen LogP contribution in [0.15, 0.2) is 29.2 Å². The molecule has 0 saturated carbocycles. The highest BCUT2D eigenvalue weighted by atomic mass is 32.2. The van der Waals surface area contributed by atoms with E-state index >= 15 is 0 Å². The Balaban J connectivity index is 3.40. The number of ketones is 1. The molecule has 0 aliphatic rings. The van der Waals surface area contributed by atoms with Crippen molar-refractivity contribution < 1.29 is 13.2 Å². The normalized spacial score (nSPS) is 12.8. The third-order valence-corrected chi connectivity index (χ3v) is 5.75. The molecule has 1 aromatic rings. The van der Waals surface area contributed by atoms with E-state index in [9.17, 15) is 13.2 Å². The number of rotatable bonds is 4. The Hall–Kier alpha value is -1.16. The number of hydrogen-bond acceptors (Lipinski definition) is 3. The van der Waals surface area contributed by atoms with Crippen LogP contribution in [0.25, 0.3) is 0 Å². The number of sulfone groups is 1. The van der Waals surface area contributed by atoms with Crippen molar-refractivity contribution in [2.75, 3.05) is 0 Å². The van der Waals surface area contributed by atoms with Crippen molar-refractivity contribution in [1.82, 2.24) is 0 Å². The molecule has 1 rings (SSSR count). The molecule has 3 nitrogen and oxygen atoms in total. The summed E-state index contributed by atoms with van der Waals surface area (Å²) in [6, 6.07) is 6.75. The van der Waals surface area contributed by atoms with Gasteiger partial charge < -0.3 is 0 Å². The van der Waals surface area contributed by atoms with Gasteiger partial charge in [-0.05, 0) is 32.4 Å². The van der Waals surface area contributed by atoms with Gasteiger partial charge in [0.2, 0.25) is 0 Å². The smallest absolute Gasteiger partial charge is 0.190 e. The highest BCUT2D eigenvalue weighted by molar-refractivity contribution is 7.93. The predicted octanol–water partition coefficient (Wildman–Crippen LogP) is 2.77. The molecule has 0 atom stereocenters. The van der Waals surface area contributed by atoms with Gasteiger partial charge in [-0.3, -0.25) is 4.79 Å². The highest BCUT2D eigenvalue weighted by Gasteiger charge is 2.43. The first-order chi connectivity index (χ1) is 8.12. The maximum Gasteiger partial charge on any atom is 0.190 e. The van der Waals surface area contributed by atoms with Crippen LogP contribution in [0.3, 0.4) is 0 Å². The molecule has 4 heteroatoms. The molecule has 1 aromatic carbocycles. The van der Waals surface area contributed by atoms with Crippen molar-refractivity contribution in [1.29, 1.82) is 0 Å². The lowest BCUT2D eigenvalue weighted by molar-refractivity contribution is -0.123. The van der Waals surface area contributed by atoms with E-state index in [4.69, 9.17) is 0 Å². The van der Waals surface area contributed by atoms with Gasteiger partial charge in [0.15, 0.2) is 15.6 Å². The summed E-state index contributed by atoms with van der Waals surface area (Å²) >= 11 is 0. The van der Waals surface area contributed by atoms with Crippen LogP contribution >= 0.6 is 0 Å². The molecule has 0 fully saturated rings. The molecule has 0 N–H and O–H groups in total.